The zero-order valence-corrected chi connectivity index (χ0v) is 13.5. The first-order valence-electron chi connectivity index (χ1n) is 6.74. The lowest BCUT2D eigenvalue weighted by Crippen LogP contribution is -2.07. The minimum atomic E-state index is 0. The van der Waals surface area contributed by atoms with E-state index in [2.05, 4.69) is 49.9 Å². The van der Waals surface area contributed by atoms with Crippen molar-refractivity contribution in [1.82, 2.24) is 9.55 Å². The number of halogens is 1. The van der Waals surface area contributed by atoms with Gasteiger partial charge in [-0.25, -0.2) is 4.98 Å². The molecule has 0 radical (unpaired) electrons. The van der Waals surface area contributed by atoms with Gasteiger partial charge in [0.2, 0.25) is 5.88 Å². The van der Waals surface area contributed by atoms with Gasteiger partial charge in [-0.1, -0.05) is 19.9 Å². The highest BCUT2D eigenvalue weighted by Gasteiger charge is 2.15. The number of nitrogens with zero attached hydrogens (tertiary/aromatic N) is 2. The van der Waals surface area contributed by atoms with Crippen LogP contribution in [0.4, 0.5) is 0 Å². The van der Waals surface area contributed by atoms with Crippen molar-refractivity contribution >= 4 is 23.3 Å². The number of hydrogen-bond acceptors (Lipinski definition) is 2. The van der Waals surface area contributed by atoms with Gasteiger partial charge in [-0.2, -0.15) is 0 Å². The summed E-state index contributed by atoms with van der Waals surface area (Å²) in [6.07, 6.45) is 3.73. The summed E-state index contributed by atoms with van der Waals surface area (Å²) in [4.78, 5) is 4.40. The average molecular weight is 295 g/mol. The lowest BCUT2D eigenvalue weighted by Gasteiger charge is -2.11. The van der Waals surface area contributed by atoms with E-state index in [-0.39, 0.29) is 12.4 Å². The van der Waals surface area contributed by atoms with Crippen molar-refractivity contribution in [3.8, 4) is 5.88 Å². The normalized spacial score (nSPS) is 10.7. The van der Waals surface area contributed by atoms with Crippen LogP contribution in [-0.4, -0.2) is 16.2 Å². The zero-order valence-electron chi connectivity index (χ0n) is 12.6. The van der Waals surface area contributed by atoms with E-state index in [0.717, 1.165) is 17.9 Å². The first-order valence-corrected chi connectivity index (χ1v) is 6.74. The minimum Gasteiger partial charge on any atom is -0.476 e. The molecular weight excluding hydrogens is 272 g/mol. The molecule has 2 heterocycles. The molecule has 0 aliphatic rings. The molecule has 0 aromatic carbocycles. The van der Waals surface area contributed by atoms with Crippen LogP contribution in [0.25, 0.3) is 10.9 Å². The number of aromatic nitrogens is 2. The summed E-state index contributed by atoms with van der Waals surface area (Å²) in [6, 6.07) is 2.06. The van der Waals surface area contributed by atoms with Gasteiger partial charge in [0, 0.05) is 23.8 Å². The zero-order chi connectivity index (χ0) is 14.0. The minimum absolute atomic E-state index is 0. The molecule has 0 unspecified atom stereocenters. The second-order valence-corrected chi connectivity index (χ2v) is 5.33. The van der Waals surface area contributed by atoms with Crippen LogP contribution in [0.15, 0.2) is 24.9 Å². The first kappa shape index (κ1) is 16.6. The standard InChI is InChI=1S/C16H22N2O.ClH/c1-6-9-18-13(5)12(4)14-7-8-17-16(15(14)18)19-10-11(2)3;/h6-8,11H,1,9-10H2,2-5H3;1H. The molecule has 20 heavy (non-hydrogen) atoms. The number of hydrogen-bond donors (Lipinski definition) is 0. The molecule has 0 aliphatic heterocycles. The monoisotopic (exact) mass is 294 g/mol. The summed E-state index contributed by atoms with van der Waals surface area (Å²) >= 11 is 0. The summed E-state index contributed by atoms with van der Waals surface area (Å²) in [5.41, 5.74) is 3.61. The lowest BCUT2D eigenvalue weighted by molar-refractivity contribution is 0.263. The Balaban J connectivity index is 0.00000200. The fourth-order valence-corrected chi connectivity index (χ4v) is 2.27. The maximum atomic E-state index is 5.87. The number of rotatable bonds is 5. The van der Waals surface area contributed by atoms with Gasteiger partial charge in [0.05, 0.1) is 6.61 Å². The van der Waals surface area contributed by atoms with Gasteiger partial charge < -0.3 is 9.30 Å². The summed E-state index contributed by atoms with van der Waals surface area (Å²) < 4.78 is 8.09. The molecule has 2 aromatic rings. The van der Waals surface area contributed by atoms with Crippen LogP contribution in [0.2, 0.25) is 0 Å². The van der Waals surface area contributed by atoms with E-state index in [0.29, 0.717) is 12.5 Å². The Morgan fingerprint density at radius 3 is 2.70 bits per heavy atom. The van der Waals surface area contributed by atoms with Crippen molar-refractivity contribution in [3.63, 3.8) is 0 Å². The molecule has 0 bridgehead atoms. The Morgan fingerprint density at radius 2 is 2.10 bits per heavy atom. The largest absolute Gasteiger partial charge is 0.476 e. The smallest absolute Gasteiger partial charge is 0.238 e. The Hall–Kier alpha value is -1.48. The quantitative estimate of drug-likeness (QED) is 0.769. The SMILES string of the molecule is C=CCn1c(C)c(C)c2ccnc(OCC(C)C)c21.Cl. The Bertz CT molecular complexity index is 602. The molecule has 2 aromatic heterocycles. The van der Waals surface area contributed by atoms with Crippen molar-refractivity contribution in [2.75, 3.05) is 6.61 Å². The molecule has 2 rings (SSSR count). The van der Waals surface area contributed by atoms with E-state index in [1.165, 1.54) is 16.6 Å². The highest BCUT2D eigenvalue weighted by Crippen LogP contribution is 2.30. The van der Waals surface area contributed by atoms with Crippen LogP contribution in [0.3, 0.4) is 0 Å². The molecule has 0 spiro atoms. The van der Waals surface area contributed by atoms with E-state index >= 15 is 0 Å². The number of allylic oxidation sites excluding steroid dienone is 1. The highest BCUT2D eigenvalue weighted by atomic mass is 35.5. The van der Waals surface area contributed by atoms with Crippen LogP contribution in [0.5, 0.6) is 5.88 Å². The third kappa shape index (κ3) is 2.98. The summed E-state index contributed by atoms with van der Waals surface area (Å²) in [5.74, 6) is 1.21. The second kappa shape index (κ2) is 6.80. The van der Waals surface area contributed by atoms with Gasteiger partial charge in [0.1, 0.15) is 5.52 Å². The lowest BCUT2D eigenvalue weighted by atomic mass is 10.2. The van der Waals surface area contributed by atoms with Crippen molar-refractivity contribution in [1.29, 1.82) is 0 Å². The molecule has 0 aliphatic carbocycles. The molecule has 0 amide bonds. The fourth-order valence-electron chi connectivity index (χ4n) is 2.27. The van der Waals surface area contributed by atoms with Crippen LogP contribution in [-0.2, 0) is 6.54 Å². The number of ether oxygens (including phenoxy) is 1. The third-order valence-corrected chi connectivity index (χ3v) is 3.38. The van der Waals surface area contributed by atoms with E-state index < -0.39 is 0 Å². The predicted octanol–water partition coefficient (Wildman–Crippen LogP) is 4.30. The molecule has 0 N–H and O–H groups in total. The summed E-state index contributed by atoms with van der Waals surface area (Å²) in [6.45, 7) is 13.8. The molecule has 110 valence electrons. The predicted molar refractivity (Wildman–Crippen MR) is 87.0 cm³/mol. The van der Waals surface area contributed by atoms with Gasteiger partial charge in [0.25, 0.3) is 0 Å². The van der Waals surface area contributed by atoms with Gasteiger partial charge in [-0.15, -0.1) is 19.0 Å². The fraction of sp³-hybridized carbons (Fsp3) is 0.438. The Labute approximate surface area is 127 Å². The van der Waals surface area contributed by atoms with Gasteiger partial charge in [0.15, 0.2) is 0 Å². The summed E-state index contributed by atoms with van der Waals surface area (Å²) in [5, 5.41) is 1.22. The molecule has 3 nitrogen and oxygen atoms in total. The van der Waals surface area contributed by atoms with E-state index in [1.807, 2.05) is 12.3 Å². The third-order valence-electron chi connectivity index (χ3n) is 3.38. The van der Waals surface area contributed by atoms with E-state index in [9.17, 15) is 0 Å². The maximum Gasteiger partial charge on any atom is 0.238 e. The van der Waals surface area contributed by atoms with Gasteiger partial charge in [-0.05, 0) is 31.4 Å². The molecule has 0 atom stereocenters. The Morgan fingerprint density at radius 1 is 1.40 bits per heavy atom. The second-order valence-electron chi connectivity index (χ2n) is 5.33. The molecular formula is C16H23ClN2O. The molecule has 4 heteroatoms. The molecule has 0 fully saturated rings. The molecule has 0 saturated heterocycles. The van der Waals surface area contributed by atoms with Crippen molar-refractivity contribution in [2.24, 2.45) is 5.92 Å². The number of fused-ring (bicyclic) bond motifs is 1. The summed E-state index contributed by atoms with van der Waals surface area (Å²) in [7, 11) is 0. The highest BCUT2D eigenvalue weighted by molar-refractivity contribution is 5.88. The topological polar surface area (TPSA) is 27.1 Å². The van der Waals surface area contributed by atoms with Crippen molar-refractivity contribution in [3.05, 3.63) is 36.2 Å². The van der Waals surface area contributed by atoms with Gasteiger partial charge in [-0.3, -0.25) is 0 Å². The van der Waals surface area contributed by atoms with Crippen LogP contribution in [0, 0.1) is 19.8 Å². The van der Waals surface area contributed by atoms with Crippen LogP contribution >= 0.6 is 12.4 Å². The maximum absolute atomic E-state index is 5.87. The molecule has 0 saturated carbocycles. The Kier molecular flexibility index (Phi) is 5.63. The van der Waals surface area contributed by atoms with Crippen LogP contribution in [0.1, 0.15) is 25.1 Å². The van der Waals surface area contributed by atoms with Crippen molar-refractivity contribution in [2.45, 2.75) is 34.2 Å². The van der Waals surface area contributed by atoms with Crippen LogP contribution < -0.4 is 4.74 Å². The van der Waals surface area contributed by atoms with E-state index in [4.69, 9.17) is 4.74 Å². The number of pyridine rings is 1. The van der Waals surface area contributed by atoms with Gasteiger partial charge >= 0.3 is 0 Å². The average Bonchev–Trinajstić information content (AvgIpc) is 2.63. The van der Waals surface area contributed by atoms with Crippen molar-refractivity contribution < 1.29 is 4.74 Å². The number of aryl methyl sites for hydroxylation is 1. The first-order chi connectivity index (χ1) is 9.06. The van der Waals surface area contributed by atoms with E-state index in [1.54, 1.807) is 0 Å².